The summed E-state index contributed by atoms with van der Waals surface area (Å²) in [5.41, 5.74) is 15.2. The summed E-state index contributed by atoms with van der Waals surface area (Å²) in [7, 11) is 0. The molecule has 0 atom stereocenters. The minimum absolute atomic E-state index is 0.428. The van der Waals surface area contributed by atoms with Gasteiger partial charge in [0.1, 0.15) is 0 Å². The first-order valence-corrected chi connectivity index (χ1v) is 24.1. The largest absolute Gasteiger partial charge is 0.309 e. The van der Waals surface area contributed by atoms with Crippen molar-refractivity contribution in [1.29, 1.82) is 10.5 Å². The lowest BCUT2D eigenvalue weighted by molar-refractivity contribution is 1.07. The van der Waals surface area contributed by atoms with Crippen molar-refractivity contribution >= 4 is 49.3 Å². The van der Waals surface area contributed by atoms with Crippen LogP contribution in [-0.4, -0.2) is 24.1 Å². The van der Waals surface area contributed by atoms with E-state index in [1.54, 1.807) is 0 Å². The summed E-state index contributed by atoms with van der Waals surface area (Å²) in [5.74, 6) is 1.30. The van der Waals surface area contributed by atoms with E-state index in [0.717, 1.165) is 105 Å². The number of fused-ring (bicyclic) bond motifs is 6. The molecule has 10 aromatic carbocycles. The summed E-state index contributed by atoms with van der Waals surface area (Å²) in [5, 5.41) is 24.3. The molecule has 0 saturated carbocycles. The van der Waals surface area contributed by atoms with Crippen LogP contribution in [0, 0.1) is 29.2 Å². The highest BCUT2D eigenvalue weighted by atomic mass is 15.0. The zero-order valence-electron chi connectivity index (χ0n) is 39.5. The van der Waals surface area contributed by atoms with E-state index in [1.165, 1.54) is 0 Å². The lowest BCUT2D eigenvalue weighted by Gasteiger charge is -2.17. The fourth-order valence-electron chi connectivity index (χ4n) is 10.4. The van der Waals surface area contributed by atoms with Gasteiger partial charge in [0.05, 0.1) is 51.9 Å². The Morgan fingerprint density at radius 1 is 0.338 bits per heavy atom. The number of aromatic nitrogens is 5. The molecule has 0 N–H and O–H groups in total. The van der Waals surface area contributed by atoms with E-state index in [4.69, 9.17) is 21.5 Å². The molecule has 0 aliphatic rings. The first kappa shape index (κ1) is 43.3. The molecular weight excluding hydrogens is 905 g/mol. The molecule has 3 aromatic heterocycles. The third kappa shape index (κ3) is 7.42. The number of rotatable bonds is 8. The van der Waals surface area contributed by atoms with Gasteiger partial charge in [0.2, 0.25) is 0 Å². The van der Waals surface area contributed by atoms with Crippen molar-refractivity contribution < 1.29 is 0 Å². The van der Waals surface area contributed by atoms with Crippen LogP contribution in [0.25, 0.3) is 127 Å². The predicted molar refractivity (Wildman–Crippen MR) is 297 cm³/mol. The Morgan fingerprint density at radius 2 is 0.784 bits per heavy atom. The van der Waals surface area contributed by atoms with Crippen LogP contribution in [0.4, 0.5) is 5.69 Å². The van der Waals surface area contributed by atoms with Crippen LogP contribution in [0.3, 0.4) is 0 Å². The van der Waals surface area contributed by atoms with Crippen LogP contribution in [0.15, 0.2) is 231 Å². The molecule has 0 aliphatic heterocycles. The van der Waals surface area contributed by atoms with Crippen LogP contribution in [0.1, 0.15) is 11.1 Å². The second-order valence-corrected chi connectivity index (χ2v) is 18.1. The number of nitrogens with zero attached hydrogens (tertiary/aromatic N) is 8. The number of nitriles is 2. The summed E-state index contributed by atoms with van der Waals surface area (Å²) in [4.78, 5) is 20.2. The zero-order chi connectivity index (χ0) is 49.7. The van der Waals surface area contributed by atoms with Crippen molar-refractivity contribution in [2.45, 2.75) is 0 Å². The predicted octanol–water partition coefficient (Wildman–Crippen LogP) is 16.4. The van der Waals surface area contributed by atoms with Crippen molar-refractivity contribution in [2.75, 3.05) is 0 Å². The van der Waals surface area contributed by atoms with E-state index >= 15 is 0 Å². The van der Waals surface area contributed by atoms with E-state index in [2.05, 4.69) is 166 Å². The molecule has 0 unspecified atom stereocenters. The zero-order valence-corrected chi connectivity index (χ0v) is 39.5. The second-order valence-electron chi connectivity index (χ2n) is 18.1. The van der Waals surface area contributed by atoms with E-state index in [0.29, 0.717) is 34.3 Å². The number of benzene rings is 10. The molecule has 0 fully saturated rings. The molecule has 0 amide bonds. The van der Waals surface area contributed by atoms with E-state index in [1.807, 2.05) is 91.0 Å². The summed E-state index contributed by atoms with van der Waals surface area (Å²) < 4.78 is 4.57. The van der Waals surface area contributed by atoms with Gasteiger partial charge in [-0.3, -0.25) is 0 Å². The minimum atomic E-state index is 0.428. The average Bonchev–Trinajstić information content (AvgIpc) is 4.00. The summed E-state index contributed by atoms with van der Waals surface area (Å²) in [6.07, 6.45) is 0. The highest BCUT2D eigenvalue weighted by molar-refractivity contribution is 6.10. The molecule has 0 aliphatic carbocycles. The SMILES string of the molecule is [C-]#[N+]c1cccc(-c2ccc(-n3c4ccccc4c4ccccc43)cc2-c2nc(-c3cccc(-c4ccc(C#N)cc4)c3)nc(-c3cc(-n4c5ccccc5c5ccccc54)ccc3-c3cccc(C#N)c3)n2)c1. The van der Waals surface area contributed by atoms with Crippen molar-refractivity contribution in [2.24, 2.45) is 0 Å². The molecule has 8 nitrogen and oxygen atoms in total. The van der Waals surface area contributed by atoms with Gasteiger partial charge in [-0.15, -0.1) is 0 Å². The lowest BCUT2D eigenvalue weighted by Crippen LogP contribution is -2.04. The first-order chi connectivity index (χ1) is 36.5. The maximum Gasteiger partial charge on any atom is 0.187 e. The molecule has 74 heavy (non-hydrogen) atoms. The van der Waals surface area contributed by atoms with Crippen molar-refractivity contribution in [3.05, 3.63) is 253 Å². The van der Waals surface area contributed by atoms with Crippen molar-refractivity contribution in [1.82, 2.24) is 24.1 Å². The molecular formula is C66H38N8. The molecule has 0 bridgehead atoms. The Morgan fingerprint density at radius 3 is 1.30 bits per heavy atom. The van der Waals surface area contributed by atoms with Gasteiger partial charge >= 0.3 is 0 Å². The van der Waals surface area contributed by atoms with Crippen LogP contribution in [0.2, 0.25) is 0 Å². The fraction of sp³-hybridized carbons (Fsp3) is 0. The van der Waals surface area contributed by atoms with Crippen LogP contribution in [-0.2, 0) is 0 Å². The van der Waals surface area contributed by atoms with Crippen molar-refractivity contribution in [3.63, 3.8) is 0 Å². The summed E-state index contributed by atoms with van der Waals surface area (Å²) in [6.45, 7) is 7.98. The smallest absolute Gasteiger partial charge is 0.187 e. The highest BCUT2D eigenvalue weighted by Crippen LogP contribution is 2.41. The summed E-state index contributed by atoms with van der Waals surface area (Å²) in [6, 6.07) is 82.1. The minimum Gasteiger partial charge on any atom is -0.309 e. The highest BCUT2D eigenvalue weighted by Gasteiger charge is 2.23. The Bertz CT molecular complexity index is 4190. The first-order valence-electron chi connectivity index (χ1n) is 24.1. The molecule has 342 valence electrons. The summed E-state index contributed by atoms with van der Waals surface area (Å²) >= 11 is 0. The maximum atomic E-state index is 10.2. The van der Waals surface area contributed by atoms with Gasteiger partial charge < -0.3 is 9.13 Å². The Balaban J connectivity index is 1.12. The van der Waals surface area contributed by atoms with Gasteiger partial charge in [-0.1, -0.05) is 146 Å². The van der Waals surface area contributed by atoms with Gasteiger partial charge in [0, 0.05) is 49.6 Å². The number of hydrogen-bond donors (Lipinski definition) is 0. The lowest BCUT2D eigenvalue weighted by atomic mass is 9.96. The van der Waals surface area contributed by atoms with E-state index in [9.17, 15) is 10.5 Å². The molecule has 0 spiro atoms. The topological polar surface area (TPSA) is 100 Å². The molecule has 0 saturated heterocycles. The van der Waals surface area contributed by atoms with Crippen molar-refractivity contribution in [3.8, 4) is 91.1 Å². The average molecular weight is 943 g/mol. The van der Waals surface area contributed by atoms with Gasteiger partial charge in [-0.05, 0) is 118 Å². The molecule has 13 rings (SSSR count). The third-order valence-electron chi connectivity index (χ3n) is 13.9. The molecule has 13 aromatic rings. The number of para-hydroxylation sites is 4. The van der Waals surface area contributed by atoms with Crippen LogP contribution < -0.4 is 0 Å². The Hall–Kier alpha value is -10.7. The Kier molecular flexibility index (Phi) is 10.5. The van der Waals surface area contributed by atoms with Gasteiger partial charge in [-0.25, -0.2) is 19.8 Å². The van der Waals surface area contributed by atoms with Crippen LogP contribution in [0.5, 0.6) is 0 Å². The van der Waals surface area contributed by atoms with Gasteiger partial charge in [0.15, 0.2) is 23.2 Å². The molecule has 8 heteroatoms. The molecule has 0 radical (unpaired) electrons. The third-order valence-corrected chi connectivity index (χ3v) is 13.9. The van der Waals surface area contributed by atoms with Crippen LogP contribution >= 0.6 is 0 Å². The Labute approximate surface area is 426 Å². The second kappa shape index (κ2) is 17.9. The monoisotopic (exact) mass is 942 g/mol. The quantitative estimate of drug-likeness (QED) is 0.141. The van der Waals surface area contributed by atoms with Gasteiger partial charge in [0.25, 0.3) is 0 Å². The van der Waals surface area contributed by atoms with E-state index < -0.39 is 0 Å². The number of hydrogen-bond acceptors (Lipinski definition) is 5. The van der Waals surface area contributed by atoms with E-state index in [-0.39, 0.29) is 0 Å². The molecule has 3 heterocycles. The standard InChI is InChI=1S/C66H38N8/c1-69-49-18-12-16-47(37-49)53-34-32-51(74-62-25-8-4-21-56(62)57-22-5-9-26-63(57)74)39-59(53)66-71-64(48-17-11-14-45(36-48)44-29-27-42(40-67)28-30-44)70-65(72-66)58-38-50(31-33-52(58)46-15-10-13-43(35-46)41-68)73-60-23-6-2-19-54(60)55-20-3-7-24-61(55)73/h2-39H. The maximum absolute atomic E-state index is 10.2. The normalized spacial score (nSPS) is 11.2. The van der Waals surface area contributed by atoms with Gasteiger partial charge in [-0.2, -0.15) is 10.5 Å². The fourth-order valence-corrected chi connectivity index (χ4v) is 10.4.